The fraction of sp³-hybridized carbons (Fsp3) is 0.125. The Kier molecular flexibility index (Phi) is 5.33. The highest BCUT2D eigenvalue weighted by molar-refractivity contribution is 8.01. The second kappa shape index (κ2) is 7.53. The molecule has 0 saturated carbocycles. The summed E-state index contributed by atoms with van der Waals surface area (Å²) < 4.78 is 39.9. The molecular weight excluding hydrogens is 403 g/mol. The number of rotatable bonds is 5. The Hall–Kier alpha value is -2.66. The molecule has 0 saturated heterocycles. The number of amides is 1. The SMILES string of the molecule is O=C(CSc1nc2ccc([N+](=O)[O-])cc2s1)Nc1ccccc1C(F)(F)F. The Balaban J connectivity index is 1.68. The molecule has 140 valence electrons. The molecule has 0 bridgehead atoms. The molecule has 1 amide bonds. The van der Waals surface area contributed by atoms with Crippen molar-refractivity contribution in [3.8, 4) is 0 Å². The van der Waals surface area contributed by atoms with Gasteiger partial charge in [-0.3, -0.25) is 14.9 Å². The number of nitrogens with zero attached hydrogens (tertiary/aromatic N) is 2. The van der Waals surface area contributed by atoms with Crippen LogP contribution < -0.4 is 5.32 Å². The fourth-order valence-electron chi connectivity index (χ4n) is 2.22. The van der Waals surface area contributed by atoms with Gasteiger partial charge in [0.15, 0.2) is 4.34 Å². The third kappa shape index (κ3) is 4.55. The molecule has 1 N–H and O–H groups in total. The van der Waals surface area contributed by atoms with Crippen molar-refractivity contribution in [1.29, 1.82) is 0 Å². The van der Waals surface area contributed by atoms with Crippen LogP contribution in [0.3, 0.4) is 0 Å². The number of anilines is 1. The number of alkyl halides is 3. The molecule has 2 aromatic carbocycles. The number of nitro benzene ring substituents is 1. The van der Waals surface area contributed by atoms with Gasteiger partial charge >= 0.3 is 6.18 Å². The van der Waals surface area contributed by atoms with Gasteiger partial charge in [-0.2, -0.15) is 13.2 Å². The van der Waals surface area contributed by atoms with E-state index in [0.717, 1.165) is 17.8 Å². The van der Waals surface area contributed by atoms with Gasteiger partial charge in [-0.1, -0.05) is 23.9 Å². The van der Waals surface area contributed by atoms with Crippen LogP contribution in [-0.2, 0) is 11.0 Å². The molecule has 3 rings (SSSR count). The number of carbonyl (C=O) groups excluding carboxylic acids is 1. The van der Waals surface area contributed by atoms with Gasteiger partial charge in [0, 0.05) is 12.1 Å². The van der Waals surface area contributed by atoms with Gasteiger partial charge in [0.25, 0.3) is 5.69 Å². The monoisotopic (exact) mass is 413 g/mol. The first-order valence-electron chi connectivity index (χ1n) is 7.38. The van der Waals surface area contributed by atoms with Crippen molar-refractivity contribution in [2.75, 3.05) is 11.1 Å². The van der Waals surface area contributed by atoms with E-state index in [1.54, 1.807) is 0 Å². The van der Waals surface area contributed by atoms with Gasteiger partial charge < -0.3 is 5.32 Å². The van der Waals surface area contributed by atoms with Crippen molar-refractivity contribution in [2.45, 2.75) is 10.5 Å². The van der Waals surface area contributed by atoms with E-state index in [-0.39, 0.29) is 17.1 Å². The fourth-order valence-corrected chi connectivity index (χ4v) is 4.12. The summed E-state index contributed by atoms with van der Waals surface area (Å²) >= 11 is 2.22. The van der Waals surface area contributed by atoms with Crippen LogP contribution >= 0.6 is 23.1 Å². The van der Waals surface area contributed by atoms with Gasteiger partial charge in [-0.25, -0.2) is 4.98 Å². The lowest BCUT2D eigenvalue weighted by Crippen LogP contribution is -2.18. The number of non-ortho nitro benzene ring substituents is 1. The Bertz CT molecular complexity index is 1020. The molecule has 0 aliphatic rings. The first kappa shape index (κ1) is 19.1. The van der Waals surface area contributed by atoms with Gasteiger partial charge in [-0.05, 0) is 18.2 Å². The minimum Gasteiger partial charge on any atom is -0.325 e. The Morgan fingerprint density at radius 3 is 2.70 bits per heavy atom. The first-order valence-corrected chi connectivity index (χ1v) is 9.18. The zero-order valence-electron chi connectivity index (χ0n) is 13.3. The predicted octanol–water partition coefficient (Wildman–Crippen LogP) is 4.95. The average Bonchev–Trinajstić information content (AvgIpc) is 3.01. The highest BCUT2D eigenvalue weighted by atomic mass is 32.2. The van der Waals surface area contributed by atoms with Gasteiger partial charge in [-0.15, -0.1) is 11.3 Å². The third-order valence-corrected chi connectivity index (χ3v) is 5.56. The number of benzene rings is 2. The molecule has 3 aromatic rings. The summed E-state index contributed by atoms with van der Waals surface area (Å²) in [5, 5.41) is 13.0. The van der Waals surface area contributed by atoms with E-state index >= 15 is 0 Å². The summed E-state index contributed by atoms with van der Waals surface area (Å²) in [6, 6.07) is 8.94. The smallest absolute Gasteiger partial charge is 0.325 e. The molecule has 0 radical (unpaired) electrons. The van der Waals surface area contributed by atoms with Crippen LogP contribution in [0.1, 0.15) is 5.56 Å². The second-order valence-corrected chi connectivity index (χ2v) is 7.52. The standard InChI is InChI=1S/C16H10F3N3O3S2/c17-16(18,19)10-3-1-2-4-11(10)20-14(23)8-26-15-21-12-6-5-9(22(24)25)7-13(12)27-15/h1-7H,8H2,(H,20,23). The summed E-state index contributed by atoms with van der Waals surface area (Å²) in [6.07, 6.45) is -4.57. The minimum absolute atomic E-state index is 0.0656. The number of carbonyl (C=O) groups is 1. The molecule has 0 aliphatic heterocycles. The van der Waals surface area contributed by atoms with Gasteiger partial charge in [0.05, 0.1) is 32.1 Å². The number of aromatic nitrogens is 1. The highest BCUT2D eigenvalue weighted by Crippen LogP contribution is 2.35. The molecule has 0 unspecified atom stereocenters. The van der Waals surface area contributed by atoms with Crippen molar-refractivity contribution in [3.63, 3.8) is 0 Å². The Morgan fingerprint density at radius 1 is 1.26 bits per heavy atom. The lowest BCUT2D eigenvalue weighted by atomic mass is 10.1. The molecule has 11 heteroatoms. The normalized spacial score (nSPS) is 11.5. The first-order chi connectivity index (χ1) is 12.7. The molecule has 27 heavy (non-hydrogen) atoms. The van der Waals surface area contributed by atoms with Crippen molar-refractivity contribution in [1.82, 2.24) is 4.98 Å². The van der Waals surface area contributed by atoms with E-state index in [1.165, 1.54) is 47.7 Å². The lowest BCUT2D eigenvalue weighted by molar-refractivity contribution is -0.384. The number of thiazole rings is 1. The number of fused-ring (bicyclic) bond motifs is 1. The Morgan fingerprint density at radius 2 is 2.00 bits per heavy atom. The quantitative estimate of drug-likeness (QED) is 0.363. The molecular formula is C16H10F3N3O3S2. The van der Waals surface area contributed by atoms with Crippen molar-refractivity contribution >= 4 is 50.6 Å². The van der Waals surface area contributed by atoms with E-state index in [4.69, 9.17) is 0 Å². The summed E-state index contributed by atoms with van der Waals surface area (Å²) in [5.74, 6) is -0.754. The summed E-state index contributed by atoms with van der Waals surface area (Å²) in [5.41, 5.74) is -0.744. The molecule has 0 fully saturated rings. The van der Waals surface area contributed by atoms with E-state index in [1.807, 2.05) is 0 Å². The maximum Gasteiger partial charge on any atom is 0.418 e. The van der Waals surface area contributed by atoms with Crippen molar-refractivity contribution < 1.29 is 22.9 Å². The summed E-state index contributed by atoms with van der Waals surface area (Å²) in [6.45, 7) is 0. The minimum atomic E-state index is -4.57. The summed E-state index contributed by atoms with van der Waals surface area (Å²) in [7, 11) is 0. The molecule has 0 spiro atoms. The number of para-hydroxylation sites is 1. The maximum absolute atomic E-state index is 12.9. The average molecular weight is 413 g/mol. The van der Waals surface area contributed by atoms with Crippen LogP contribution in [0.15, 0.2) is 46.8 Å². The molecule has 0 atom stereocenters. The second-order valence-electron chi connectivity index (χ2n) is 5.27. The van der Waals surface area contributed by atoms with E-state index in [2.05, 4.69) is 10.3 Å². The van der Waals surface area contributed by atoms with E-state index in [9.17, 15) is 28.1 Å². The molecule has 1 heterocycles. The zero-order valence-corrected chi connectivity index (χ0v) is 15.0. The number of nitro groups is 1. The molecule has 0 aliphatic carbocycles. The number of nitrogens with one attached hydrogen (secondary N) is 1. The number of hydrogen-bond donors (Lipinski definition) is 1. The van der Waals surface area contributed by atoms with Crippen LogP contribution in [0, 0.1) is 10.1 Å². The van der Waals surface area contributed by atoms with Crippen molar-refractivity contribution in [3.05, 3.63) is 58.1 Å². The number of thioether (sulfide) groups is 1. The van der Waals surface area contributed by atoms with Crippen molar-refractivity contribution in [2.24, 2.45) is 0 Å². The Labute approximate surface area is 158 Å². The van der Waals surface area contributed by atoms with E-state index < -0.39 is 22.6 Å². The topological polar surface area (TPSA) is 85.1 Å². The third-order valence-electron chi connectivity index (χ3n) is 3.40. The highest BCUT2D eigenvalue weighted by Gasteiger charge is 2.33. The maximum atomic E-state index is 12.9. The number of halogens is 3. The van der Waals surface area contributed by atoms with Gasteiger partial charge in [0.1, 0.15) is 0 Å². The van der Waals surface area contributed by atoms with Crippen LogP contribution in [-0.4, -0.2) is 21.6 Å². The number of hydrogen-bond acceptors (Lipinski definition) is 6. The zero-order chi connectivity index (χ0) is 19.6. The van der Waals surface area contributed by atoms with E-state index in [0.29, 0.717) is 14.6 Å². The predicted molar refractivity (Wildman–Crippen MR) is 97.1 cm³/mol. The van der Waals surface area contributed by atoms with Crippen LogP contribution in [0.2, 0.25) is 0 Å². The molecule has 1 aromatic heterocycles. The lowest BCUT2D eigenvalue weighted by Gasteiger charge is -2.13. The van der Waals surface area contributed by atoms with Gasteiger partial charge in [0.2, 0.25) is 5.91 Å². The van der Waals surface area contributed by atoms with Crippen LogP contribution in [0.25, 0.3) is 10.2 Å². The van der Waals surface area contributed by atoms with Crippen LogP contribution in [0.4, 0.5) is 24.5 Å². The van der Waals surface area contributed by atoms with Crippen LogP contribution in [0.5, 0.6) is 0 Å². The molecule has 6 nitrogen and oxygen atoms in total. The summed E-state index contributed by atoms with van der Waals surface area (Å²) in [4.78, 5) is 26.5. The largest absolute Gasteiger partial charge is 0.418 e.